The van der Waals surface area contributed by atoms with Gasteiger partial charge in [0.25, 0.3) is 0 Å². The van der Waals surface area contributed by atoms with Crippen molar-refractivity contribution >= 4 is 16.7 Å². The van der Waals surface area contributed by atoms with Gasteiger partial charge in [-0.3, -0.25) is 0 Å². The molecule has 0 bridgehead atoms. The second kappa shape index (κ2) is 4.87. The lowest BCUT2D eigenvalue weighted by molar-refractivity contribution is 1.04. The second-order valence-corrected chi connectivity index (χ2v) is 3.52. The van der Waals surface area contributed by atoms with Crippen molar-refractivity contribution in [3.63, 3.8) is 0 Å². The first-order valence-corrected chi connectivity index (χ1v) is 4.70. The lowest BCUT2D eigenvalue weighted by atomic mass is 10.3. The summed E-state index contributed by atoms with van der Waals surface area (Å²) < 4.78 is 3.89. The Labute approximate surface area is 76.7 Å². The summed E-state index contributed by atoms with van der Waals surface area (Å²) >= 11 is 1.39. The van der Waals surface area contributed by atoms with Gasteiger partial charge < -0.3 is 5.32 Å². The molecule has 4 heteroatoms. The molecule has 0 fully saturated rings. The van der Waals surface area contributed by atoms with Crippen LogP contribution in [0, 0.1) is 0 Å². The molecule has 0 saturated heterocycles. The van der Waals surface area contributed by atoms with E-state index in [1.807, 2.05) is 0 Å². The summed E-state index contributed by atoms with van der Waals surface area (Å²) in [6.07, 6.45) is 4.81. The number of anilines is 1. The van der Waals surface area contributed by atoms with Gasteiger partial charge >= 0.3 is 0 Å². The van der Waals surface area contributed by atoms with Gasteiger partial charge in [0.1, 0.15) is 6.33 Å². The van der Waals surface area contributed by atoms with Crippen molar-refractivity contribution in [3.05, 3.63) is 18.0 Å². The van der Waals surface area contributed by atoms with E-state index in [2.05, 4.69) is 34.6 Å². The van der Waals surface area contributed by atoms with Crippen LogP contribution < -0.4 is 5.32 Å². The molecule has 0 unspecified atom stereocenters. The minimum Gasteiger partial charge on any atom is -0.360 e. The molecule has 66 valence electrons. The van der Waals surface area contributed by atoms with E-state index in [0.717, 1.165) is 18.1 Å². The summed E-state index contributed by atoms with van der Waals surface area (Å²) in [5.74, 6) is 0. The smallest absolute Gasteiger partial charge is 0.202 e. The molecule has 0 aliphatic heterocycles. The maximum atomic E-state index is 4.01. The van der Waals surface area contributed by atoms with E-state index in [1.54, 1.807) is 6.33 Å². The molecular formula is C8H13N3S. The van der Waals surface area contributed by atoms with Crippen LogP contribution in [-0.4, -0.2) is 15.9 Å². The molecule has 0 amide bonds. The maximum Gasteiger partial charge on any atom is 0.202 e. The van der Waals surface area contributed by atoms with Crippen LogP contribution in [0.4, 0.5) is 5.13 Å². The monoisotopic (exact) mass is 183 g/mol. The van der Waals surface area contributed by atoms with Gasteiger partial charge in [0.2, 0.25) is 5.13 Å². The topological polar surface area (TPSA) is 37.8 Å². The third-order valence-corrected chi connectivity index (χ3v) is 1.96. The van der Waals surface area contributed by atoms with Crippen LogP contribution in [0.5, 0.6) is 0 Å². The first-order chi connectivity index (χ1) is 5.79. The molecule has 0 aliphatic carbocycles. The molecule has 1 N–H and O–H groups in total. The van der Waals surface area contributed by atoms with E-state index in [4.69, 9.17) is 0 Å². The first-order valence-electron chi connectivity index (χ1n) is 3.93. The molecule has 1 aromatic rings. The third-order valence-electron chi connectivity index (χ3n) is 1.33. The standard InChI is InChI=1S/C8H13N3S/c1-7(2)4-3-5-9-8-10-6-11-12-8/h4,6H,3,5H2,1-2H3,(H,9,10,11). The van der Waals surface area contributed by atoms with Crippen molar-refractivity contribution in [1.82, 2.24) is 9.36 Å². The van der Waals surface area contributed by atoms with Gasteiger partial charge in [-0.2, -0.15) is 4.37 Å². The van der Waals surface area contributed by atoms with Crippen LogP contribution in [0.1, 0.15) is 20.3 Å². The van der Waals surface area contributed by atoms with Gasteiger partial charge in [0.15, 0.2) is 0 Å². The molecule has 0 aliphatic rings. The van der Waals surface area contributed by atoms with Crippen LogP contribution in [0.2, 0.25) is 0 Å². The van der Waals surface area contributed by atoms with Crippen molar-refractivity contribution < 1.29 is 0 Å². The fourth-order valence-electron chi connectivity index (χ4n) is 0.791. The van der Waals surface area contributed by atoms with Crippen LogP contribution in [0.3, 0.4) is 0 Å². The van der Waals surface area contributed by atoms with Gasteiger partial charge in [0.05, 0.1) is 0 Å². The van der Waals surface area contributed by atoms with Crippen LogP contribution >= 0.6 is 11.5 Å². The molecule has 0 radical (unpaired) electrons. The fraction of sp³-hybridized carbons (Fsp3) is 0.500. The highest BCUT2D eigenvalue weighted by molar-refractivity contribution is 7.09. The SMILES string of the molecule is CC(C)=CCCNc1ncns1. The van der Waals surface area contributed by atoms with Gasteiger partial charge in [-0.25, -0.2) is 4.98 Å². The van der Waals surface area contributed by atoms with Crippen molar-refractivity contribution in [2.24, 2.45) is 0 Å². The van der Waals surface area contributed by atoms with Crippen molar-refractivity contribution in [1.29, 1.82) is 0 Å². The molecular weight excluding hydrogens is 170 g/mol. The van der Waals surface area contributed by atoms with Gasteiger partial charge in [-0.05, 0) is 20.3 Å². The van der Waals surface area contributed by atoms with E-state index in [-0.39, 0.29) is 0 Å². The Bertz CT molecular complexity index is 237. The van der Waals surface area contributed by atoms with Crippen LogP contribution in [0.25, 0.3) is 0 Å². The summed E-state index contributed by atoms with van der Waals surface area (Å²) in [6, 6.07) is 0. The maximum absolute atomic E-state index is 4.01. The molecule has 1 rings (SSSR count). The number of allylic oxidation sites excluding steroid dienone is 1. The summed E-state index contributed by atoms with van der Waals surface area (Å²) in [6.45, 7) is 5.14. The van der Waals surface area contributed by atoms with Gasteiger partial charge in [0, 0.05) is 18.1 Å². The average Bonchev–Trinajstić information content (AvgIpc) is 2.49. The van der Waals surface area contributed by atoms with E-state index in [0.29, 0.717) is 0 Å². The Morgan fingerprint density at radius 1 is 1.67 bits per heavy atom. The lowest BCUT2D eigenvalue weighted by Gasteiger charge is -1.97. The minimum absolute atomic E-state index is 0.900. The first kappa shape index (κ1) is 9.19. The Balaban J connectivity index is 2.16. The van der Waals surface area contributed by atoms with E-state index in [9.17, 15) is 0 Å². The molecule has 12 heavy (non-hydrogen) atoms. The Morgan fingerprint density at radius 2 is 2.50 bits per heavy atom. The molecule has 3 nitrogen and oxygen atoms in total. The summed E-state index contributed by atoms with van der Waals surface area (Å²) in [5, 5.41) is 4.08. The zero-order chi connectivity index (χ0) is 8.81. The van der Waals surface area contributed by atoms with Crippen molar-refractivity contribution in [2.45, 2.75) is 20.3 Å². The lowest BCUT2D eigenvalue weighted by Crippen LogP contribution is -1.99. The number of aromatic nitrogens is 2. The van der Waals surface area contributed by atoms with Gasteiger partial charge in [-0.15, -0.1) is 0 Å². The average molecular weight is 183 g/mol. The van der Waals surface area contributed by atoms with Gasteiger partial charge in [-0.1, -0.05) is 11.6 Å². The predicted molar refractivity (Wildman–Crippen MR) is 52.4 cm³/mol. The Morgan fingerprint density at radius 3 is 3.08 bits per heavy atom. The number of hydrogen-bond acceptors (Lipinski definition) is 4. The van der Waals surface area contributed by atoms with E-state index < -0.39 is 0 Å². The molecule has 0 saturated carbocycles. The summed E-state index contributed by atoms with van der Waals surface area (Å²) in [4.78, 5) is 4.01. The number of nitrogens with zero attached hydrogens (tertiary/aromatic N) is 2. The Kier molecular flexibility index (Phi) is 3.73. The number of nitrogens with one attached hydrogen (secondary N) is 1. The molecule has 1 aromatic heterocycles. The second-order valence-electron chi connectivity index (χ2n) is 2.74. The number of hydrogen-bond donors (Lipinski definition) is 1. The van der Waals surface area contributed by atoms with E-state index in [1.165, 1.54) is 17.1 Å². The van der Waals surface area contributed by atoms with Crippen molar-refractivity contribution in [2.75, 3.05) is 11.9 Å². The molecule has 0 aromatic carbocycles. The van der Waals surface area contributed by atoms with Crippen LogP contribution in [0.15, 0.2) is 18.0 Å². The molecule has 0 atom stereocenters. The summed E-state index contributed by atoms with van der Waals surface area (Å²) in [7, 11) is 0. The molecule has 0 spiro atoms. The zero-order valence-corrected chi connectivity index (χ0v) is 8.19. The predicted octanol–water partition coefficient (Wildman–Crippen LogP) is 2.31. The highest BCUT2D eigenvalue weighted by Crippen LogP contribution is 2.06. The molecule has 1 heterocycles. The highest BCUT2D eigenvalue weighted by Gasteiger charge is 1.91. The largest absolute Gasteiger partial charge is 0.360 e. The Hall–Kier alpha value is -0.900. The highest BCUT2D eigenvalue weighted by atomic mass is 32.1. The van der Waals surface area contributed by atoms with Crippen molar-refractivity contribution in [3.8, 4) is 0 Å². The summed E-state index contributed by atoms with van der Waals surface area (Å²) in [5.41, 5.74) is 1.36. The zero-order valence-electron chi connectivity index (χ0n) is 7.37. The van der Waals surface area contributed by atoms with Crippen LogP contribution in [-0.2, 0) is 0 Å². The van der Waals surface area contributed by atoms with E-state index >= 15 is 0 Å². The quantitative estimate of drug-likeness (QED) is 0.575. The minimum atomic E-state index is 0.900. The number of rotatable bonds is 4. The fourth-order valence-corrected chi connectivity index (χ4v) is 1.25. The normalized spacial score (nSPS) is 9.50. The third kappa shape index (κ3) is 3.48.